The van der Waals surface area contributed by atoms with Gasteiger partial charge < -0.3 is 9.64 Å². The number of nitrogens with zero attached hydrogens (tertiary/aromatic N) is 3. The van der Waals surface area contributed by atoms with Crippen molar-refractivity contribution in [1.82, 2.24) is 4.90 Å². The molecule has 0 bridgehead atoms. The average molecular weight is 277 g/mol. The van der Waals surface area contributed by atoms with Crippen molar-refractivity contribution in [3.05, 3.63) is 33.9 Å². The monoisotopic (exact) mass is 277 g/mol. The minimum absolute atomic E-state index is 0.0483. The number of likely N-dealkylation sites (N-methyl/N-ethyl adjacent to an activating group) is 1. The second kappa shape index (κ2) is 7.09. The van der Waals surface area contributed by atoms with Crippen molar-refractivity contribution in [3.63, 3.8) is 0 Å². The molecule has 0 aliphatic carbocycles. The second-order valence-electron chi connectivity index (χ2n) is 4.17. The van der Waals surface area contributed by atoms with Crippen LogP contribution in [0.4, 0.5) is 5.69 Å². The Labute approximate surface area is 116 Å². The zero-order valence-electron chi connectivity index (χ0n) is 11.3. The molecule has 0 heterocycles. The zero-order chi connectivity index (χ0) is 15.1. The standard InChI is InChI=1S/C13H15N3O4/c1-10-11(16(18)19)5-3-6-12(10)20-9-13(17)15(2)8-4-7-14/h3,5-6H,4,8-9H2,1-2H3. The Morgan fingerprint density at radius 2 is 2.25 bits per heavy atom. The molecule has 0 atom stereocenters. The van der Waals surface area contributed by atoms with Crippen molar-refractivity contribution in [2.45, 2.75) is 13.3 Å². The number of hydrogen-bond acceptors (Lipinski definition) is 5. The summed E-state index contributed by atoms with van der Waals surface area (Å²) in [5, 5.41) is 19.2. The summed E-state index contributed by atoms with van der Waals surface area (Å²) >= 11 is 0. The fourth-order valence-electron chi connectivity index (χ4n) is 1.55. The van der Waals surface area contributed by atoms with Crippen LogP contribution in [0.2, 0.25) is 0 Å². The van der Waals surface area contributed by atoms with E-state index in [0.717, 1.165) is 0 Å². The van der Waals surface area contributed by atoms with E-state index in [1.54, 1.807) is 20.0 Å². The minimum atomic E-state index is -0.497. The number of rotatable bonds is 6. The van der Waals surface area contributed by atoms with Crippen LogP contribution in [0.15, 0.2) is 18.2 Å². The summed E-state index contributed by atoms with van der Waals surface area (Å²) in [6.07, 6.45) is 0.248. The van der Waals surface area contributed by atoms with E-state index in [0.29, 0.717) is 17.9 Å². The first kappa shape index (κ1) is 15.4. The van der Waals surface area contributed by atoms with Gasteiger partial charge in [-0.25, -0.2) is 0 Å². The van der Waals surface area contributed by atoms with Gasteiger partial charge in [0.25, 0.3) is 11.6 Å². The number of ether oxygens (including phenoxy) is 1. The second-order valence-corrected chi connectivity index (χ2v) is 4.17. The number of hydrogen-bond donors (Lipinski definition) is 0. The maximum Gasteiger partial charge on any atom is 0.276 e. The summed E-state index contributed by atoms with van der Waals surface area (Å²) in [5.74, 6) is 0.0207. The third-order valence-corrected chi connectivity index (χ3v) is 2.79. The molecule has 7 nitrogen and oxygen atoms in total. The number of carbonyl (C=O) groups excluding carboxylic acids is 1. The summed E-state index contributed by atoms with van der Waals surface area (Å²) in [6.45, 7) is 1.67. The summed E-state index contributed by atoms with van der Waals surface area (Å²) in [5.41, 5.74) is 0.331. The molecule has 0 saturated carbocycles. The molecule has 1 aromatic rings. The fourth-order valence-corrected chi connectivity index (χ4v) is 1.55. The van der Waals surface area contributed by atoms with Crippen LogP contribution in [0.1, 0.15) is 12.0 Å². The van der Waals surface area contributed by atoms with E-state index in [4.69, 9.17) is 10.00 Å². The average Bonchev–Trinajstić information content (AvgIpc) is 2.42. The summed E-state index contributed by atoms with van der Waals surface area (Å²) in [4.78, 5) is 23.4. The highest BCUT2D eigenvalue weighted by Crippen LogP contribution is 2.26. The van der Waals surface area contributed by atoms with Gasteiger partial charge in [0.1, 0.15) is 5.75 Å². The van der Waals surface area contributed by atoms with E-state index < -0.39 is 4.92 Å². The molecular weight excluding hydrogens is 262 g/mol. The molecule has 0 aromatic heterocycles. The van der Waals surface area contributed by atoms with E-state index in [-0.39, 0.29) is 24.6 Å². The zero-order valence-corrected chi connectivity index (χ0v) is 11.3. The van der Waals surface area contributed by atoms with E-state index in [2.05, 4.69) is 0 Å². The molecule has 0 fully saturated rings. The van der Waals surface area contributed by atoms with Gasteiger partial charge in [0, 0.05) is 19.7 Å². The van der Waals surface area contributed by atoms with E-state index >= 15 is 0 Å². The maximum atomic E-state index is 11.7. The van der Waals surface area contributed by atoms with Gasteiger partial charge in [-0.3, -0.25) is 14.9 Å². The first-order valence-corrected chi connectivity index (χ1v) is 5.95. The van der Waals surface area contributed by atoms with E-state index in [1.807, 2.05) is 6.07 Å². The normalized spacial score (nSPS) is 9.65. The van der Waals surface area contributed by atoms with Crippen molar-refractivity contribution in [2.24, 2.45) is 0 Å². The Hall–Kier alpha value is -2.62. The highest BCUT2D eigenvalue weighted by Gasteiger charge is 2.16. The Kier molecular flexibility index (Phi) is 5.47. The van der Waals surface area contributed by atoms with Crippen molar-refractivity contribution in [2.75, 3.05) is 20.2 Å². The summed E-state index contributed by atoms with van der Waals surface area (Å²) < 4.78 is 5.31. The lowest BCUT2D eigenvalue weighted by Crippen LogP contribution is -2.32. The summed E-state index contributed by atoms with van der Waals surface area (Å²) in [6, 6.07) is 6.40. The lowest BCUT2D eigenvalue weighted by molar-refractivity contribution is -0.385. The highest BCUT2D eigenvalue weighted by atomic mass is 16.6. The predicted molar refractivity (Wildman–Crippen MR) is 71.2 cm³/mol. The van der Waals surface area contributed by atoms with Crippen molar-refractivity contribution in [1.29, 1.82) is 5.26 Å². The third-order valence-electron chi connectivity index (χ3n) is 2.79. The lowest BCUT2D eigenvalue weighted by atomic mass is 10.2. The molecule has 0 unspecified atom stereocenters. The van der Waals surface area contributed by atoms with Crippen molar-refractivity contribution < 1.29 is 14.5 Å². The van der Waals surface area contributed by atoms with Gasteiger partial charge >= 0.3 is 0 Å². The van der Waals surface area contributed by atoms with Crippen LogP contribution in [0.3, 0.4) is 0 Å². The fraction of sp³-hybridized carbons (Fsp3) is 0.385. The predicted octanol–water partition coefficient (Wildman–Crippen LogP) is 1.65. The van der Waals surface area contributed by atoms with Gasteiger partial charge in [-0.05, 0) is 13.0 Å². The summed E-state index contributed by atoms with van der Waals surface area (Å²) in [7, 11) is 1.57. The molecule has 0 aliphatic rings. The van der Waals surface area contributed by atoms with Crippen LogP contribution in [0.25, 0.3) is 0 Å². The van der Waals surface area contributed by atoms with Gasteiger partial charge in [-0.15, -0.1) is 0 Å². The van der Waals surface area contributed by atoms with Gasteiger partial charge in [0.05, 0.1) is 23.0 Å². The molecule has 0 aliphatic heterocycles. The number of nitro benzene ring substituents is 1. The van der Waals surface area contributed by atoms with Crippen molar-refractivity contribution >= 4 is 11.6 Å². The Balaban J connectivity index is 2.67. The SMILES string of the molecule is Cc1c(OCC(=O)N(C)CCC#N)cccc1[N+](=O)[O-]. The van der Waals surface area contributed by atoms with Crippen LogP contribution < -0.4 is 4.74 Å². The molecule has 1 amide bonds. The van der Waals surface area contributed by atoms with Gasteiger partial charge in [-0.2, -0.15) is 5.26 Å². The van der Waals surface area contributed by atoms with Crippen LogP contribution in [-0.4, -0.2) is 35.9 Å². The molecule has 0 radical (unpaired) electrons. The van der Waals surface area contributed by atoms with Crippen LogP contribution in [0, 0.1) is 28.4 Å². The highest BCUT2D eigenvalue weighted by molar-refractivity contribution is 5.77. The number of carbonyl (C=O) groups is 1. The van der Waals surface area contributed by atoms with E-state index in [9.17, 15) is 14.9 Å². The maximum absolute atomic E-state index is 11.7. The Bertz CT molecular complexity index is 551. The lowest BCUT2D eigenvalue weighted by Gasteiger charge is -2.16. The van der Waals surface area contributed by atoms with Crippen LogP contribution in [-0.2, 0) is 4.79 Å². The number of nitro groups is 1. The molecule has 7 heteroatoms. The molecule has 106 valence electrons. The number of nitriles is 1. The minimum Gasteiger partial charge on any atom is -0.483 e. The molecule has 0 N–H and O–H groups in total. The topological polar surface area (TPSA) is 96.5 Å². The molecular formula is C13H15N3O4. The smallest absolute Gasteiger partial charge is 0.276 e. The largest absolute Gasteiger partial charge is 0.483 e. The first-order chi connectivity index (χ1) is 9.47. The van der Waals surface area contributed by atoms with Gasteiger partial charge in [0.2, 0.25) is 0 Å². The Morgan fingerprint density at radius 1 is 1.55 bits per heavy atom. The third kappa shape index (κ3) is 3.95. The van der Waals surface area contributed by atoms with Crippen molar-refractivity contribution in [3.8, 4) is 11.8 Å². The quantitative estimate of drug-likeness (QED) is 0.581. The number of amides is 1. The molecule has 0 spiro atoms. The van der Waals surface area contributed by atoms with Gasteiger partial charge in [0.15, 0.2) is 6.61 Å². The van der Waals surface area contributed by atoms with E-state index in [1.165, 1.54) is 17.0 Å². The van der Waals surface area contributed by atoms with Crippen LogP contribution >= 0.6 is 0 Å². The number of benzene rings is 1. The Morgan fingerprint density at radius 3 is 2.85 bits per heavy atom. The molecule has 20 heavy (non-hydrogen) atoms. The first-order valence-electron chi connectivity index (χ1n) is 5.95. The molecule has 0 saturated heterocycles. The molecule has 1 rings (SSSR count). The van der Waals surface area contributed by atoms with Gasteiger partial charge in [-0.1, -0.05) is 6.07 Å². The molecule has 1 aromatic carbocycles. The van der Waals surface area contributed by atoms with Crippen LogP contribution in [0.5, 0.6) is 5.75 Å².